The number of amides is 1. The Hall–Kier alpha value is -3.88. The molecule has 1 amide bonds. The quantitative estimate of drug-likeness (QED) is 0.389. The van der Waals surface area contributed by atoms with Crippen LogP contribution in [0.15, 0.2) is 47.6 Å². The molecule has 1 atom stereocenters. The smallest absolute Gasteiger partial charge is 0.394 e. The molecule has 3 aliphatic heterocycles. The maximum atomic E-state index is 13.6. The summed E-state index contributed by atoms with van der Waals surface area (Å²) < 4.78 is 75.3. The summed E-state index contributed by atoms with van der Waals surface area (Å²) in [5, 5.41) is 7.57. The van der Waals surface area contributed by atoms with Crippen LogP contribution in [0.1, 0.15) is 69.2 Å². The maximum absolute atomic E-state index is 13.6. The van der Waals surface area contributed by atoms with E-state index < -0.39 is 27.5 Å². The van der Waals surface area contributed by atoms with Crippen LogP contribution in [-0.2, 0) is 10.0 Å². The molecule has 3 aromatic heterocycles. The highest BCUT2D eigenvalue weighted by molar-refractivity contribution is 7.90. The van der Waals surface area contributed by atoms with Crippen LogP contribution in [0.2, 0.25) is 0 Å². The van der Waals surface area contributed by atoms with Crippen LogP contribution in [0.4, 0.5) is 24.8 Å². The first kappa shape index (κ1) is 31.1. The molecule has 11 nitrogen and oxygen atoms in total. The van der Waals surface area contributed by atoms with Crippen LogP contribution in [0, 0.1) is 11.3 Å². The SMILES string of the molecule is CC1(C)C[C@H]2CCCCNc3ccc(cn3)S(=O)(=O)NC(=O)c3ccc(-n4ccc(OCCC5(C(F)(F)F)CC5)n4)nc3N1C2. The number of rotatable bonds is 5. The number of carbonyl (C=O) groups excluding carboxylic acids is 1. The van der Waals surface area contributed by atoms with Crippen molar-refractivity contribution in [1.29, 1.82) is 0 Å². The van der Waals surface area contributed by atoms with E-state index >= 15 is 0 Å². The summed E-state index contributed by atoms with van der Waals surface area (Å²) >= 11 is 0. The first-order valence-corrected chi connectivity index (χ1v) is 16.6. The van der Waals surface area contributed by atoms with Crippen LogP contribution >= 0.6 is 0 Å². The van der Waals surface area contributed by atoms with E-state index in [1.165, 1.54) is 35.1 Å². The molecule has 15 heteroatoms. The predicted molar refractivity (Wildman–Crippen MR) is 160 cm³/mol. The van der Waals surface area contributed by atoms with E-state index in [1.807, 2.05) is 4.90 Å². The fourth-order valence-electron chi connectivity index (χ4n) is 6.25. The van der Waals surface area contributed by atoms with Crippen LogP contribution in [0.5, 0.6) is 5.88 Å². The molecule has 1 aliphatic carbocycles. The minimum absolute atomic E-state index is 0.0807. The van der Waals surface area contributed by atoms with Gasteiger partial charge in [0.15, 0.2) is 5.82 Å². The van der Waals surface area contributed by atoms with E-state index in [-0.39, 0.29) is 47.7 Å². The molecule has 0 aromatic carbocycles. The third-order valence-corrected chi connectivity index (χ3v) is 10.3. The molecule has 242 valence electrons. The first-order valence-electron chi connectivity index (χ1n) is 15.1. The molecule has 2 fully saturated rings. The number of alkyl halides is 3. The minimum atomic E-state index is -4.25. The molecule has 1 saturated carbocycles. The number of fused-ring (bicyclic) bond motifs is 8. The van der Waals surface area contributed by atoms with Crippen LogP contribution in [0.25, 0.3) is 5.82 Å². The van der Waals surface area contributed by atoms with Gasteiger partial charge in [-0.05, 0) is 82.6 Å². The van der Waals surface area contributed by atoms with Gasteiger partial charge in [0.05, 0.1) is 17.6 Å². The lowest BCUT2D eigenvalue weighted by Gasteiger charge is -2.34. The molecule has 2 N–H and O–H groups in total. The molecule has 6 heterocycles. The van der Waals surface area contributed by atoms with Crippen molar-refractivity contribution >= 4 is 27.6 Å². The van der Waals surface area contributed by atoms with Crippen LogP contribution in [0.3, 0.4) is 0 Å². The molecule has 4 bridgehead atoms. The highest BCUT2D eigenvalue weighted by atomic mass is 32.2. The zero-order valence-electron chi connectivity index (χ0n) is 25.1. The molecule has 3 aromatic rings. The second kappa shape index (κ2) is 11.5. The van der Waals surface area contributed by atoms with Gasteiger partial charge < -0.3 is 15.0 Å². The normalized spacial score (nSPS) is 22.2. The summed E-state index contributed by atoms with van der Waals surface area (Å²) in [5.41, 5.74) is -1.97. The van der Waals surface area contributed by atoms with Crippen molar-refractivity contribution < 1.29 is 31.1 Å². The predicted octanol–water partition coefficient (Wildman–Crippen LogP) is 5.09. The Kier molecular flexibility index (Phi) is 7.94. The van der Waals surface area contributed by atoms with Gasteiger partial charge in [-0.1, -0.05) is 6.42 Å². The Bertz CT molecular complexity index is 1670. The zero-order valence-corrected chi connectivity index (χ0v) is 25.9. The number of nitrogens with one attached hydrogen (secondary N) is 2. The topological polar surface area (TPSA) is 131 Å². The molecule has 0 spiro atoms. The second-order valence-electron chi connectivity index (χ2n) is 12.7. The van der Waals surface area contributed by atoms with Crippen molar-refractivity contribution in [1.82, 2.24) is 24.5 Å². The third-order valence-electron chi connectivity index (χ3n) is 9.02. The number of sulfonamides is 1. The summed E-state index contributed by atoms with van der Waals surface area (Å²) in [7, 11) is -4.24. The van der Waals surface area contributed by atoms with Crippen LogP contribution in [-0.4, -0.2) is 65.5 Å². The highest BCUT2D eigenvalue weighted by Crippen LogP contribution is 2.59. The number of carbonyl (C=O) groups is 1. The Morgan fingerprint density at radius 1 is 1.11 bits per heavy atom. The van der Waals surface area contributed by atoms with Gasteiger partial charge in [0.25, 0.3) is 15.9 Å². The fraction of sp³-hybridized carbons (Fsp3) is 0.533. The Morgan fingerprint density at radius 2 is 1.91 bits per heavy atom. The maximum Gasteiger partial charge on any atom is 0.394 e. The number of anilines is 2. The Morgan fingerprint density at radius 3 is 2.62 bits per heavy atom. The van der Waals surface area contributed by atoms with Crippen molar-refractivity contribution in [3.63, 3.8) is 0 Å². The lowest BCUT2D eigenvalue weighted by atomic mass is 9.93. The van der Waals surface area contributed by atoms with Crippen molar-refractivity contribution in [3.8, 4) is 11.7 Å². The van der Waals surface area contributed by atoms with Crippen molar-refractivity contribution in [3.05, 3.63) is 48.3 Å². The van der Waals surface area contributed by atoms with Gasteiger partial charge in [-0.3, -0.25) is 4.79 Å². The van der Waals surface area contributed by atoms with E-state index in [0.717, 1.165) is 25.7 Å². The van der Waals surface area contributed by atoms with Gasteiger partial charge in [0.2, 0.25) is 5.88 Å². The number of hydrogen-bond donors (Lipinski definition) is 2. The molecular formula is C30H36F3N7O4S. The van der Waals surface area contributed by atoms with E-state index in [1.54, 1.807) is 12.3 Å². The summed E-state index contributed by atoms with van der Waals surface area (Å²) in [6.45, 7) is 5.33. The monoisotopic (exact) mass is 647 g/mol. The average Bonchev–Trinajstić information content (AvgIpc) is 3.53. The molecule has 4 aliphatic rings. The molecule has 0 radical (unpaired) electrons. The number of nitrogens with zero attached hydrogens (tertiary/aromatic N) is 5. The number of pyridine rings is 2. The lowest BCUT2D eigenvalue weighted by Crippen LogP contribution is -2.41. The molecule has 7 rings (SSSR count). The Balaban J connectivity index is 1.29. The molecule has 45 heavy (non-hydrogen) atoms. The van der Waals surface area contributed by atoms with Gasteiger partial charge in [-0.2, -0.15) is 13.2 Å². The second-order valence-corrected chi connectivity index (χ2v) is 14.4. The van der Waals surface area contributed by atoms with Gasteiger partial charge in [-0.15, -0.1) is 5.10 Å². The molecule has 1 saturated heterocycles. The number of hydrogen-bond acceptors (Lipinski definition) is 9. The summed E-state index contributed by atoms with van der Waals surface area (Å²) in [4.78, 5) is 24.5. The third kappa shape index (κ3) is 6.44. The van der Waals surface area contributed by atoms with Gasteiger partial charge in [-0.25, -0.2) is 27.8 Å². The highest BCUT2D eigenvalue weighted by Gasteiger charge is 2.62. The van der Waals surface area contributed by atoms with E-state index in [2.05, 4.69) is 34.0 Å². The summed E-state index contributed by atoms with van der Waals surface area (Å²) in [6, 6.07) is 7.55. The lowest BCUT2D eigenvalue weighted by molar-refractivity contribution is -0.190. The van der Waals surface area contributed by atoms with Gasteiger partial charge in [0.1, 0.15) is 16.5 Å². The Labute approximate surface area is 259 Å². The molecule has 0 unspecified atom stereocenters. The van der Waals surface area contributed by atoms with Crippen molar-refractivity contribution in [2.45, 2.75) is 75.4 Å². The van der Waals surface area contributed by atoms with E-state index in [4.69, 9.17) is 9.72 Å². The minimum Gasteiger partial charge on any atom is -0.477 e. The number of ether oxygens (including phenoxy) is 1. The summed E-state index contributed by atoms with van der Waals surface area (Å²) in [6.07, 6.45) is 2.33. The van der Waals surface area contributed by atoms with Gasteiger partial charge >= 0.3 is 6.18 Å². The first-order chi connectivity index (χ1) is 21.3. The van der Waals surface area contributed by atoms with E-state index in [0.29, 0.717) is 36.5 Å². The number of aromatic nitrogens is 4. The molecular weight excluding hydrogens is 611 g/mol. The summed E-state index contributed by atoms with van der Waals surface area (Å²) in [5.74, 6) is 0.847. The largest absolute Gasteiger partial charge is 0.477 e. The standard InChI is InChI=1S/C30H36F3N7O4S/c1-28(2)17-20-5-3-4-14-34-23-8-6-21(18-35-23)45(42,43)38-27(41)22-7-9-24(36-26(22)39(28)19-20)40-15-10-25(37-40)44-16-13-29(11-12-29)30(31,32)33/h6-10,15,18,20H,3-5,11-14,16-17,19H2,1-2H3,(H,34,35)(H,38,41)/t20-/m1/s1. The number of halogens is 3. The average molecular weight is 648 g/mol. The zero-order chi connectivity index (χ0) is 32.0. The van der Waals surface area contributed by atoms with Crippen LogP contribution < -0.4 is 19.7 Å². The van der Waals surface area contributed by atoms with Crippen molar-refractivity contribution in [2.75, 3.05) is 29.9 Å². The fourth-order valence-corrected chi connectivity index (χ4v) is 7.16. The van der Waals surface area contributed by atoms with Gasteiger partial charge in [0, 0.05) is 37.1 Å². The van der Waals surface area contributed by atoms with E-state index in [9.17, 15) is 26.4 Å². The van der Waals surface area contributed by atoms with Crippen molar-refractivity contribution in [2.24, 2.45) is 11.3 Å².